The third-order valence-corrected chi connectivity index (χ3v) is 6.42. The molecule has 1 saturated heterocycles. The number of ether oxygens (including phenoxy) is 1. The average molecular weight is 345 g/mol. The molecule has 2 aromatic rings. The summed E-state index contributed by atoms with van der Waals surface area (Å²) < 4.78 is 19.8. The highest BCUT2D eigenvalue weighted by molar-refractivity contribution is 7.15. The molecule has 3 atom stereocenters. The number of nitrogens with zero attached hydrogens (tertiary/aromatic N) is 1. The van der Waals surface area contributed by atoms with Crippen LogP contribution in [0, 0.1) is 17.7 Å². The minimum atomic E-state index is -0.138. The molecule has 0 radical (unpaired) electrons. The van der Waals surface area contributed by atoms with Gasteiger partial charge in [0, 0.05) is 28.4 Å². The van der Waals surface area contributed by atoms with Crippen molar-refractivity contribution >= 4 is 11.3 Å². The van der Waals surface area contributed by atoms with Gasteiger partial charge in [-0.15, -0.1) is 11.3 Å². The van der Waals surface area contributed by atoms with Gasteiger partial charge in [-0.05, 0) is 48.8 Å². The first-order valence-electron chi connectivity index (χ1n) is 8.85. The highest BCUT2D eigenvalue weighted by Gasteiger charge is 2.39. The first kappa shape index (κ1) is 16.2. The molecule has 0 N–H and O–H groups in total. The van der Waals surface area contributed by atoms with E-state index in [4.69, 9.17) is 4.74 Å². The Kier molecular flexibility index (Phi) is 4.70. The molecule has 3 unspecified atom stereocenters. The van der Waals surface area contributed by atoms with Gasteiger partial charge in [0.25, 0.3) is 0 Å². The summed E-state index contributed by atoms with van der Waals surface area (Å²) in [5.74, 6) is 1.91. The van der Waals surface area contributed by atoms with E-state index in [0.717, 1.165) is 24.1 Å². The van der Waals surface area contributed by atoms with Crippen LogP contribution in [0.3, 0.4) is 0 Å². The van der Waals surface area contributed by atoms with Crippen LogP contribution in [-0.4, -0.2) is 31.3 Å². The third-order valence-electron chi connectivity index (χ3n) is 5.17. The highest BCUT2D eigenvalue weighted by Crippen LogP contribution is 2.50. The second-order valence-electron chi connectivity index (χ2n) is 7.25. The van der Waals surface area contributed by atoms with Crippen molar-refractivity contribution in [2.24, 2.45) is 11.8 Å². The first-order chi connectivity index (χ1) is 11.7. The minimum absolute atomic E-state index is 0.138. The Morgan fingerprint density at radius 1 is 1.25 bits per heavy atom. The van der Waals surface area contributed by atoms with E-state index in [9.17, 15) is 4.39 Å². The Labute approximate surface area is 147 Å². The predicted molar refractivity (Wildman–Crippen MR) is 96.7 cm³/mol. The number of rotatable bonds is 6. The normalized spacial score (nSPS) is 26.8. The largest absolute Gasteiger partial charge is 0.366 e. The molecule has 1 aromatic carbocycles. The number of halogens is 1. The van der Waals surface area contributed by atoms with Crippen LogP contribution in [0.2, 0.25) is 0 Å². The van der Waals surface area contributed by atoms with Crippen LogP contribution < -0.4 is 0 Å². The summed E-state index contributed by atoms with van der Waals surface area (Å²) in [6.07, 6.45) is 2.50. The van der Waals surface area contributed by atoms with Crippen molar-refractivity contribution in [1.29, 1.82) is 0 Å². The van der Waals surface area contributed by atoms with E-state index in [1.54, 1.807) is 17.4 Å². The fourth-order valence-electron chi connectivity index (χ4n) is 3.61. The highest BCUT2D eigenvalue weighted by atomic mass is 32.1. The van der Waals surface area contributed by atoms with E-state index in [-0.39, 0.29) is 5.82 Å². The lowest BCUT2D eigenvalue weighted by Crippen LogP contribution is -2.24. The molecule has 128 valence electrons. The van der Waals surface area contributed by atoms with Gasteiger partial charge < -0.3 is 4.74 Å². The van der Waals surface area contributed by atoms with Crippen molar-refractivity contribution in [3.05, 3.63) is 47.1 Å². The van der Waals surface area contributed by atoms with Crippen molar-refractivity contribution in [2.45, 2.75) is 25.7 Å². The van der Waals surface area contributed by atoms with Gasteiger partial charge in [0.05, 0.1) is 13.3 Å². The number of hydrogen-bond donors (Lipinski definition) is 0. The molecule has 2 fully saturated rings. The van der Waals surface area contributed by atoms with Crippen LogP contribution >= 0.6 is 11.3 Å². The van der Waals surface area contributed by atoms with Crippen LogP contribution in [0.1, 0.15) is 30.6 Å². The van der Waals surface area contributed by atoms with Gasteiger partial charge in [0.2, 0.25) is 0 Å². The molecule has 2 nitrogen and oxygen atoms in total. The van der Waals surface area contributed by atoms with E-state index in [0.29, 0.717) is 17.4 Å². The summed E-state index contributed by atoms with van der Waals surface area (Å²) in [5, 5.41) is 0. The molecular weight excluding hydrogens is 321 g/mol. The van der Waals surface area contributed by atoms with Crippen LogP contribution in [0.25, 0.3) is 10.4 Å². The van der Waals surface area contributed by atoms with Gasteiger partial charge in [-0.25, -0.2) is 4.39 Å². The van der Waals surface area contributed by atoms with Crippen molar-refractivity contribution in [2.75, 3.05) is 26.4 Å². The Morgan fingerprint density at radius 2 is 2.12 bits per heavy atom. The van der Waals surface area contributed by atoms with Crippen molar-refractivity contribution in [3.63, 3.8) is 0 Å². The fraction of sp³-hybridized carbons (Fsp3) is 0.500. The zero-order valence-corrected chi connectivity index (χ0v) is 14.9. The monoisotopic (exact) mass is 345 g/mol. The van der Waals surface area contributed by atoms with Crippen molar-refractivity contribution < 1.29 is 9.13 Å². The summed E-state index contributed by atoms with van der Waals surface area (Å²) in [6, 6.07) is 11.2. The molecule has 0 spiro atoms. The molecule has 0 bridgehead atoms. The zero-order valence-electron chi connectivity index (χ0n) is 14.1. The van der Waals surface area contributed by atoms with Crippen LogP contribution in [0.5, 0.6) is 0 Å². The van der Waals surface area contributed by atoms with Crippen molar-refractivity contribution in [1.82, 2.24) is 4.90 Å². The van der Waals surface area contributed by atoms with Gasteiger partial charge in [-0.1, -0.05) is 25.1 Å². The Balaban J connectivity index is 1.28. The lowest BCUT2D eigenvalue weighted by atomic mass is 10.2. The van der Waals surface area contributed by atoms with E-state index in [1.165, 1.54) is 36.9 Å². The molecule has 1 aliphatic carbocycles. The lowest BCUT2D eigenvalue weighted by molar-refractivity contribution is 0.0336. The van der Waals surface area contributed by atoms with Crippen LogP contribution in [-0.2, 0) is 4.74 Å². The van der Waals surface area contributed by atoms with Gasteiger partial charge in [0.1, 0.15) is 5.82 Å². The maximum atomic E-state index is 13.9. The van der Waals surface area contributed by atoms with Crippen LogP contribution in [0.15, 0.2) is 36.4 Å². The molecular formula is C20H24FNOS. The van der Waals surface area contributed by atoms with Crippen molar-refractivity contribution in [3.8, 4) is 10.4 Å². The molecule has 4 rings (SSSR count). The molecule has 24 heavy (non-hydrogen) atoms. The lowest BCUT2D eigenvalue weighted by Gasteiger charge is -2.15. The Bertz CT molecular complexity index is 700. The van der Waals surface area contributed by atoms with E-state index >= 15 is 0 Å². The molecule has 2 heterocycles. The number of likely N-dealkylation sites (tertiary alicyclic amines) is 1. The van der Waals surface area contributed by atoms with Gasteiger partial charge in [-0.2, -0.15) is 0 Å². The second-order valence-corrected chi connectivity index (χ2v) is 8.37. The SMILES string of the molecule is CC1CCN(COCC2CC2c2ccc(-c3ccccc3F)s2)C1. The Hall–Kier alpha value is -1.23. The number of thiophene rings is 1. The zero-order chi connectivity index (χ0) is 16.5. The average Bonchev–Trinajstić information content (AvgIpc) is 2.98. The van der Waals surface area contributed by atoms with E-state index in [2.05, 4.69) is 24.0 Å². The smallest absolute Gasteiger partial charge is 0.131 e. The summed E-state index contributed by atoms with van der Waals surface area (Å²) in [4.78, 5) is 4.81. The minimum Gasteiger partial charge on any atom is -0.366 e. The molecule has 4 heteroatoms. The maximum Gasteiger partial charge on any atom is 0.131 e. The standard InChI is InChI=1S/C20H24FNOS/c1-14-8-9-22(11-14)13-23-12-15-10-17(15)20-7-6-19(24-20)16-4-2-3-5-18(16)21/h2-7,14-15,17H,8-13H2,1H3. The summed E-state index contributed by atoms with van der Waals surface area (Å²) >= 11 is 1.73. The van der Waals surface area contributed by atoms with Gasteiger partial charge in [0.15, 0.2) is 0 Å². The van der Waals surface area contributed by atoms with Gasteiger partial charge >= 0.3 is 0 Å². The Morgan fingerprint density at radius 3 is 2.92 bits per heavy atom. The molecule has 1 aromatic heterocycles. The van der Waals surface area contributed by atoms with E-state index < -0.39 is 0 Å². The topological polar surface area (TPSA) is 12.5 Å². The molecule has 1 aliphatic heterocycles. The van der Waals surface area contributed by atoms with Gasteiger partial charge in [-0.3, -0.25) is 4.90 Å². The summed E-state index contributed by atoms with van der Waals surface area (Å²) in [5.41, 5.74) is 0.713. The summed E-state index contributed by atoms with van der Waals surface area (Å²) in [7, 11) is 0. The van der Waals surface area contributed by atoms with E-state index in [1.807, 2.05) is 12.1 Å². The molecule has 1 saturated carbocycles. The summed E-state index contributed by atoms with van der Waals surface area (Å²) in [6.45, 7) is 6.28. The molecule has 0 amide bonds. The predicted octanol–water partition coefficient (Wildman–Crippen LogP) is 4.97. The quantitative estimate of drug-likeness (QED) is 0.732. The first-order valence-corrected chi connectivity index (χ1v) is 9.67. The fourth-order valence-corrected chi connectivity index (χ4v) is 4.86. The van der Waals surface area contributed by atoms with Crippen LogP contribution in [0.4, 0.5) is 4.39 Å². The molecule has 2 aliphatic rings. The second kappa shape index (κ2) is 6.95. The number of hydrogen-bond acceptors (Lipinski definition) is 3. The number of benzene rings is 1. The maximum absolute atomic E-state index is 13.9. The third kappa shape index (κ3) is 3.56.